The average molecular weight is 1650 g/mol. The van der Waals surface area contributed by atoms with E-state index in [-0.39, 0.29) is 65.3 Å². The van der Waals surface area contributed by atoms with Crippen LogP contribution in [0.4, 0.5) is 0 Å². The lowest BCUT2D eigenvalue weighted by atomic mass is 10.3. The van der Waals surface area contributed by atoms with E-state index >= 15 is 0 Å². The number of rotatable bonds is 47. The standard InChI is InChI=1S/C19H27N3O4S2.C18H26N4O4S2.C18H25N3O4S2.C16H21N3O4S2/c1-22(16-8-14-20-27(23,24)18-10-4-2-5-11-18)17-9-15-21-28(25,26)19-12-6-3-7-13-19;23-27(24,17-7-3-1-4-8-17)21-15-13-19-11-12-20-14-16-22-28(25,26)18-9-5-2-6-10-18;22-26(23,17-9-3-1-4-10-17)20-15-7-13-19-14-8-16-21-27(24,25)18-11-5-2-6-12-18;20-24(21,15-7-3-1-4-8-15)18-13-11-17-12-14-19-25(22,23)16-9-5-2-6-10-16/h2-7,10-13,20-21H,8-9,14-17H2,1H3;1-10,19-22H,11-16H2;1-6,9-12,19-21H,7-8,13-16H2;1-10,17-19H,11-14H2. The van der Waals surface area contributed by atoms with Gasteiger partial charge in [-0.3, -0.25) is 0 Å². The Labute approximate surface area is 639 Å². The minimum atomic E-state index is -3.51. The molecule has 0 fully saturated rings. The molecule has 0 saturated carbocycles. The Balaban J connectivity index is 0.000000258. The van der Waals surface area contributed by atoms with Gasteiger partial charge in [0.05, 0.1) is 39.2 Å². The SMILES string of the molecule is CN(CCCNS(=O)(=O)c1ccccc1)CCCNS(=O)(=O)c1ccccc1.O=S(=O)(NCCCNCCCNS(=O)(=O)c1ccccc1)c1ccccc1.O=S(=O)(NCCNCCNCCNS(=O)(=O)c1ccccc1)c1ccccc1.O=S(=O)(NCCNCCNS(=O)(=O)c1ccccc1)c1ccccc1. The van der Waals surface area contributed by atoms with Crippen molar-refractivity contribution >= 4 is 80.2 Å². The van der Waals surface area contributed by atoms with Crippen molar-refractivity contribution in [1.82, 2.24) is 63.9 Å². The first-order valence-electron chi connectivity index (χ1n) is 34.5. The van der Waals surface area contributed by atoms with Crippen LogP contribution in [0.1, 0.15) is 25.7 Å². The summed E-state index contributed by atoms with van der Waals surface area (Å²) in [5.41, 5.74) is 0. The first-order chi connectivity index (χ1) is 51.6. The second-order valence-electron chi connectivity index (χ2n) is 23.4. The number of nitrogens with zero attached hydrogens (tertiary/aromatic N) is 1. The van der Waals surface area contributed by atoms with E-state index in [1.165, 1.54) is 24.3 Å². The van der Waals surface area contributed by atoms with Crippen LogP contribution in [0.3, 0.4) is 0 Å². The number of sulfonamides is 8. The summed E-state index contributed by atoms with van der Waals surface area (Å²) < 4.78 is 213. The van der Waals surface area contributed by atoms with E-state index in [9.17, 15) is 67.3 Å². The van der Waals surface area contributed by atoms with E-state index in [1.54, 1.807) is 218 Å². The maximum absolute atomic E-state index is 12.1. The first-order valence-corrected chi connectivity index (χ1v) is 46.3. The fraction of sp³-hybridized carbons (Fsp3) is 0.324. The summed E-state index contributed by atoms with van der Waals surface area (Å²) >= 11 is 0. The van der Waals surface area contributed by atoms with Crippen LogP contribution in [0, 0.1) is 0 Å². The molecule has 108 heavy (non-hydrogen) atoms. The number of hydrogen-bond acceptors (Lipinski definition) is 21. The maximum atomic E-state index is 12.1. The Bertz CT molecular complexity index is 4490. The van der Waals surface area contributed by atoms with E-state index in [0.29, 0.717) is 117 Å². The summed E-state index contributed by atoms with van der Waals surface area (Å²) in [6.45, 7) is 8.11. The molecular formula is C71H99N13O16S8. The van der Waals surface area contributed by atoms with Gasteiger partial charge >= 0.3 is 0 Å². The average Bonchev–Trinajstić information content (AvgIpc) is 0.909. The molecule has 8 aromatic rings. The summed E-state index contributed by atoms with van der Waals surface area (Å²) in [6.07, 6.45) is 2.61. The quantitative estimate of drug-likeness (QED) is 0.0242. The number of hydrogen-bond donors (Lipinski definition) is 12. The van der Waals surface area contributed by atoms with Gasteiger partial charge in [-0.25, -0.2) is 105 Å². The van der Waals surface area contributed by atoms with Gasteiger partial charge in [0.15, 0.2) is 0 Å². The van der Waals surface area contributed by atoms with Crippen LogP contribution in [-0.4, -0.2) is 197 Å². The van der Waals surface area contributed by atoms with Gasteiger partial charge in [0, 0.05) is 91.6 Å². The van der Waals surface area contributed by atoms with Crippen molar-refractivity contribution in [3.63, 3.8) is 0 Å². The third-order valence-corrected chi connectivity index (χ3v) is 26.8. The smallest absolute Gasteiger partial charge is 0.240 e. The minimum Gasteiger partial charge on any atom is -0.317 e. The molecule has 592 valence electrons. The van der Waals surface area contributed by atoms with Crippen molar-refractivity contribution in [1.29, 1.82) is 0 Å². The van der Waals surface area contributed by atoms with Crippen LogP contribution in [0.25, 0.3) is 0 Å². The Morgan fingerprint density at radius 3 is 0.500 bits per heavy atom. The van der Waals surface area contributed by atoms with Gasteiger partial charge in [-0.15, -0.1) is 0 Å². The van der Waals surface area contributed by atoms with Crippen LogP contribution in [0.2, 0.25) is 0 Å². The lowest BCUT2D eigenvalue weighted by Gasteiger charge is -2.17. The van der Waals surface area contributed by atoms with Crippen LogP contribution < -0.4 is 59.0 Å². The van der Waals surface area contributed by atoms with Gasteiger partial charge in [-0.05, 0) is 156 Å². The molecule has 0 aliphatic carbocycles. The van der Waals surface area contributed by atoms with Crippen LogP contribution in [-0.2, 0) is 80.2 Å². The van der Waals surface area contributed by atoms with E-state index < -0.39 is 80.2 Å². The van der Waals surface area contributed by atoms with Gasteiger partial charge in [-0.2, -0.15) is 0 Å². The van der Waals surface area contributed by atoms with Gasteiger partial charge in [0.25, 0.3) is 0 Å². The Kier molecular flexibility index (Phi) is 41.1. The zero-order chi connectivity index (χ0) is 78.5. The van der Waals surface area contributed by atoms with Crippen molar-refractivity contribution in [3.8, 4) is 0 Å². The summed E-state index contributed by atoms with van der Waals surface area (Å²) in [7, 11) is -25.9. The van der Waals surface area contributed by atoms with E-state index in [0.717, 1.165) is 0 Å². The van der Waals surface area contributed by atoms with E-state index in [4.69, 9.17) is 0 Å². The molecule has 0 spiro atoms. The zero-order valence-electron chi connectivity index (χ0n) is 59.9. The minimum absolute atomic E-state index is 0.211. The van der Waals surface area contributed by atoms with Crippen LogP contribution in [0.15, 0.2) is 282 Å². The molecule has 8 rings (SSSR count). The molecule has 37 heteroatoms. The first kappa shape index (κ1) is 91.5. The van der Waals surface area contributed by atoms with Gasteiger partial charge < -0.3 is 26.2 Å². The Morgan fingerprint density at radius 2 is 0.324 bits per heavy atom. The monoisotopic (exact) mass is 1650 g/mol. The molecule has 0 radical (unpaired) electrons. The molecule has 29 nitrogen and oxygen atoms in total. The fourth-order valence-corrected chi connectivity index (χ4v) is 17.9. The molecule has 0 amide bonds. The molecule has 8 aromatic carbocycles. The molecule has 0 atom stereocenters. The highest BCUT2D eigenvalue weighted by Crippen LogP contribution is 2.13. The number of nitrogens with one attached hydrogen (secondary N) is 12. The molecule has 0 aliphatic rings. The second kappa shape index (κ2) is 48.5. The highest BCUT2D eigenvalue weighted by Gasteiger charge is 2.19. The molecule has 12 N–H and O–H groups in total. The summed E-state index contributed by atoms with van der Waals surface area (Å²) in [6, 6.07) is 65.7. The summed E-state index contributed by atoms with van der Waals surface area (Å²) in [4.78, 5) is 3.99. The normalized spacial score (nSPS) is 12.2. The van der Waals surface area contributed by atoms with Crippen molar-refractivity contribution in [2.75, 3.05) is 125 Å². The van der Waals surface area contributed by atoms with Crippen molar-refractivity contribution < 1.29 is 67.3 Å². The third kappa shape index (κ3) is 36.1. The highest BCUT2D eigenvalue weighted by molar-refractivity contribution is 7.91. The van der Waals surface area contributed by atoms with Crippen molar-refractivity contribution in [2.24, 2.45) is 0 Å². The summed E-state index contributed by atoms with van der Waals surface area (Å²) in [5, 5.41) is 12.4. The van der Waals surface area contributed by atoms with Gasteiger partial charge in [-0.1, -0.05) is 146 Å². The van der Waals surface area contributed by atoms with Crippen LogP contribution in [0.5, 0.6) is 0 Å². The fourth-order valence-electron chi connectivity index (χ4n) is 9.30. The molecule has 0 unspecified atom stereocenters. The summed E-state index contributed by atoms with van der Waals surface area (Å²) in [5.74, 6) is 0. The molecule has 0 heterocycles. The molecular weight excluding hydrogens is 1550 g/mol. The van der Waals surface area contributed by atoms with Gasteiger partial charge in [0.1, 0.15) is 0 Å². The topological polar surface area (TPSA) is 421 Å². The third-order valence-electron chi connectivity index (χ3n) is 14.9. The molecule has 0 bridgehead atoms. The van der Waals surface area contributed by atoms with E-state index in [1.807, 2.05) is 11.9 Å². The van der Waals surface area contributed by atoms with Crippen molar-refractivity contribution in [2.45, 2.75) is 64.8 Å². The molecule has 0 aliphatic heterocycles. The van der Waals surface area contributed by atoms with Gasteiger partial charge in [0.2, 0.25) is 80.2 Å². The highest BCUT2D eigenvalue weighted by atomic mass is 32.2. The maximum Gasteiger partial charge on any atom is 0.240 e. The lowest BCUT2D eigenvalue weighted by Crippen LogP contribution is -2.37. The predicted molar refractivity (Wildman–Crippen MR) is 420 cm³/mol. The Hall–Kier alpha value is -7.16. The van der Waals surface area contributed by atoms with Crippen LogP contribution >= 0.6 is 0 Å². The number of benzene rings is 8. The Morgan fingerprint density at radius 1 is 0.185 bits per heavy atom. The predicted octanol–water partition coefficient (Wildman–Crippen LogP) is 3.62. The molecule has 0 aromatic heterocycles. The second-order valence-corrected chi connectivity index (χ2v) is 37.5. The molecule has 0 saturated heterocycles. The largest absolute Gasteiger partial charge is 0.317 e. The zero-order valence-corrected chi connectivity index (χ0v) is 66.4. The lowest BCUT2D eigenvalue weighted by molar-refractivity contribution is 0.325. The van der Waals surface area contributed by atoms with Crippen molar-refractivity contribution in [3.05, 3.63) is 243 Å². The van der Waals surface area contributed by atoms with E-state index in [2.05, 4.69) is 59.0 Å².